The first-order chi connectivity index (χ1) is 33.2. The van der Waals surface area contributed by atoms with E-state index in [0.717, 1.165) is 55.7 Å². The summed E-state index contributed by atoms with van der Waals surface area (Å²) in [4.78, 5) is 2.47. The second-order valence-electron chi connectivity index (χ2n) is 17.6. The van der Waals surface area contributed by atoms with Crippen LogP contribution in [0.2, 0.25) is 0 Å². The van der Waals surface area contributed by atoms with Gasteiger partial charge in [0.1, 0.15) is 11.2 Å². The van der Waals surface area contributed by atoms with E-state index in [-0.39, 0.29) is 0 Å². The van der Waals surface area contributed by atoms with Crippen LogP contribution in [0.4, 0.5) is 17.1 Å². The molecule has 11 aromatic carbocycles. The molecule has 13 rings (SSSR count). The van der Waals surface area contributed by atoms with Gasteiger partial charge < -0.3 is 9.32 Å². The van der Waals surface area contributed by atoms with Crippen molar-refractivity contribution in [1.29, 1.82) is 0 Å². The van der Waals surface area contributed by atoms with E-state index >= 15 is 0 Å². The number of anilines is 3. The van der Waals surface area contributed by atoms with E-state index < -0.39 is 5.41 Å². The topological polar surface area (TPSA) is 16.4 Å². The summed E-state index contributed by atoms with van der Waals surface area (Å²) in [7, 11) is 0. The molecule has 0 unspecified atom stereocenters. The molecule has 314 valence electrons. The van der Waals surface area contributed by atoms with Crippen LogP contribution in [0.5, 0.6) is 0 Å². The van der Waals surface area contributed by atoms with Gasteiger partial charge in [-0.2, -0.15) is 0 Å². The molecule has 0 atom stereocenters. The molecule has 12 aromatic rings. The van der Waals surface area contributed by atoms with Crippen molar-refractivity contribution in [2.75, 3.05) is 4.90 Å². The highest BCUT2D eigenvalue weighted by Crippen LogP contribution is 2.57. The highest BCUT2D eigenvalue weighted by Gasteiger charge is 2.46. The Morgan fingerprint density at radius 3 is 1.63 bits per heavy atom. The van der Waals surface area contributed by atoms with Gasteiger partial charge in [-0.05, 0) is 121 Å². The monoisotopic (exact) mass is 853 g/mol. The maximum Gasteiger partial charge on any atom is 0.137 e. The Hall–Kier alpha value is -8.72. The lowest BCUT2D eigenvalue weighted by Gasteiger charge is -2.35. The highest BCUT2D eigenvalue weighted by molar-refractivity contribution is 6.15. The van der Waals surface area contributed by atoms with Crippen LogP contribution in [0.1, 0.15) is 22.3 Å². The van der Waals surface area contributed by atoms with E-state index in [0.29, 0.717) is 0 Å². The summed E-state index contributed by atoms with van der Waals surface area (Å²) in [6.45, 7) is 0. The van der Waals surface area contributed by atoms with Crippen LogP contribution in [0.25, 0.3) is 77.2 Å². The maximum atomic E-state index is 6.74. The summed E-state index contributed by atoms with van der Waals surface area (Å²) in [6, 6.07) is 95.2. The summed E-state index contributed by atoms with van der Waals surface area (Å²) < 4.78 is 6.74. The van der Waals surface area contributed by atoms with Gasteiger partial charge in [-0.3, -0.25) is 0 Å². The van der Waals surface area contributed by atoms with E-state index in [1.165, 1.54) is 60.8 Å². The van der Waals surface area contributed by atoms with Gasteiger partial charge >= 0.3 is 0 Å². The number of rotatable bonds is 8. The lowest BCUT2D eigenvalue weighted by Crippen LogP contribution is -2.29. The average molecular weight is 854 g/mol. The molecule has 0 radical (unpaired) electrons. The summed E-state index contributed by atoms with van der Waals surface area (Å²) in [5.41, 5.74) is 18.8. The van der Waals surface area contributed by atoms with E-state index in [1.54, 1.807) is 0 Å². The first-order valence-electron chi connectivity index (χ1n) is 23.1. The molecule has 67 heavy (non-hydrogen) atoms. The van der Waals surface area contributed by atoms with Gasteiger partial charge in [-0.15, -0.1) is 0 Å². The van der Waals surface area contributed by atoms with E-state index in [2.05, 4.69) is 266 Å². The maximum absolute atomic E-state index is 6.74. The lowest BCUT2D eigenvalue weighted by molar-refractivity contribution is 0.669. The molecule has 1 aliphatic rings. The molecule has 2 nitrogen and oxygen atoms in total. The second kappa shape index (κ2) is 15.8. The van der Waals surface area contributed by atoms with Crippen molar-refractivity contribution in [2.24, 2.45) is 0 Å². The van der Waals surface area contributed by atoms with Gasteiger partial charge in [0, 0.05) is 16.6 Å². The van der Waals surface area contributed by atoms with Crippen molar-refractivity contribution >= 4 is 49.8 Å². The van der Waals surface area contributed by atoms with E-state index in [9.17, 15) is 0 Å². The molecule has 0 amide bonds. The Kier molecular flexibility index (Phi) is 9.11. The Morgan fingerprint density at radius 2 is 0.881 bits per heavy atom. The van der Waals surface area contributed by atoms with Crippen molar-refractivity contribution in [1.82, 2.24) is 0 Å². The number of hydrogen-bond acceptors (Lipinski definition) is 2. The normalized spacial score (nSPS) is 12.6. The second-order valence-corrected chi connectivity index (χ2v) is 17.6. The fourth-order valence-electron chi connectivity index (χ4n) is 10.9. The minimum Gasteiger partial charge on any atom is -0.456 e. The van der Waals surface area contributed by atoms with Gasteiger partial charge in [0.05, 0.1) is 22.2 Å². The molecule has 1 heterocycles. The first-order valence-corrected chi connectivity index (χ1v) is 23.1. The molecular weight excluding hydrogens is 811 g/mol. The Balaban J connectivity index is 1.08. The zero-order chi connectivity index (χ0) is 44.3. The third kappa shape index (κ3) is 6.26. The van der Waals surface area contributed by atoms with Crippen molar-refractivity contribution in [3.8, 4) is 44.5 Å². The fourth-order valence-corrected chi connectivity index (χ4v) is 10.9. The summed E-state index contributed by atoms with van der Waals surface area (Å²) in [6.07, 6.45) is 0. The standard InChI is InChI=1S/C65H43NO/c1-3-17-44(18-4-1)47-35-38-51(39-36-47)65(58-28-12-9-26-55(58)56-27-10-13-29-59(56)65)52-23-15-24-53(43-52)66(60-30-14-11-25-54(60)50-34-33-46-21-7-8-22-48(46)41-50)61-31-16-32-63-64(61)57-42-49(37-40-62(57)67-63)45-19-5-2-6-20-45/h1-43H. The number of fused-ring (bicyclic) bond motifs is 7. The van der Waals surface area contributed by atoms with Gasteiger partial charge in [-0.1, -0.05) is 212 Å². The number of furan rings is 1. The molecule has 0 bridgehead atoms. The number of benzene rings is 11. The highest BCUT2D eigenvalue weighted by atomic mass is 16.3. The van der Waals surface area contributed by atoms with Crippen LogP contribution in [0.3, 0.4) is 0 Å². The zero-order valence-electron chi connectivity index (χ0n) is 36.7. The minimum absolute atomic E-state index is 0.610. The molecule has 0 saturated heterocycles. The van der Waals surface area contributed by atoms with Crippen LogP contribution < -0.4 is 4.90 Å². The number of para-hydroxylation sites is 1. The van der Waals surface area contributed by atoms with Crippen molar-refractivity contribution < 1.29 is 4.42 Å². The molecule has 2 heteroatoms. The Morgan fingerprint density at radius 1 is 0.313 bits per heavy atom. The van der Waals surface area contributed by atoms with Gasteiger partial charge in [0.2, 0.25) is 0 Å². The average Bonchev–Trinajstić information content (AvgIpc) is 3.93. The molecule has 1 aromatic heterocycles. The smallest absolute Gasteiger partial charge is 0.137 e. The lowest BCUT2D eigenvalue weighted by atomic mass is 9.67. The molecule has 1 aliphatic carbocycles. The number of hydrogen-bond donors (Lipinski definition) is 0. The predicted octanol–water partition coefficient (Wildman–Crippen LogP) is 17.6. The minimum atomic E-state index is -0.610. The molecular formula is C65H43NO. The van der Waals surface area contributed by atoms with Crippen LogP contribution in [-0.4, -0.2) is 0 Å². The largest absolute Gasteiger partial charge is 0.456 e. The third-order valence-corrected chi connectivity index (χ3v) is 13.9. The molecule has 0 aliphatic heterocycles. The number of nitrogens with zero attached hydrogens (tertiary/aromatic N) is 1. The molecule has 0 spiro atoms. The molecule has 0 N–H and O–H groups in total. The van der Waals surface area contributed by atoms with Crippen LogP contribution in [-0.2, 0) is 5.41 Å². The third-order valence-electron chi connectivity index (χ3n) is 13.9. The molecule has 0 fully saturated rings. The quantitative estimate of drug-likeness (QED) is 0.151. The van der Waals surface area contributed by atoms with Crippen molar-refractivity contribution in [3.63, 3.8) is 0 Å². The van der Waals surface area contributed by atoms with Crippen LogP contribution in [0.15, 0.2) is 265 Å². The summed E-state index contributed by atoms with van der Waals surface area (Å²) in [5.74, 6) is 0. The van der Waals surface area contributed by atoms with Crippen molar-refractivity contribution in [3.05, 3.63) is 283 Å². The van der Waals surface area contributed by atoms with Gasteiger partial charge in [0.15, 0.2) is 0 Å². The Bertz CT molecular complexity index is 3760. The summed E-state index contributed by atoms with van der Waals surface area (Å²) in [5, 5.41) is 4.57. The first kappa shape index (κ1) is 38.7. The Labute approximate surface area is 390 Å². The van der Waals surface area contributed by atoms with E-state index in [4.69, 9.17) is 4.42 Å². The van der Waals surface area contributed by atoms with E-state index in [1.807, 2.05) is 0 Å². The predicted molar refractivity (Wildman–Crippen MR) is 280 cm³/mol. The fraction of sp³-hybridized carbons (Fsp3) is 0.0154. The SMILES string of the molecule is c1ccc(-c2ccc(C3(c4cccc(N(c5ccccc5-c5ccc6ccccc6c5)c5cccc6oc7ccc(-c8ccccc8)cc7c56)c4)c4ccccc4-c4ccccc43)cc2)cc1. The van der Waals surface area contributed by atoms with Crippen molar-refractivity contribution in [2.45, 2.75) is 5.41 Å². The van der Waals surface area contributed by atoms with Gasteiger partial charge in [-0.25, -0.2) is 0 Å². The summed E-state index contributed by atoms with van der Waals surface area (Å²) >= 11 is 0. The zero-order valence-corrected chi connectivity index (χ0v) is 36.7. The van der Waals surface area contributed by atoms with Crippen LogP contribution >= 0.6 is 0 Å². The van der Waals surface area contributed by atoms with Gasteiger partial charge in [0.25, 0.3) is 0 Å². The molecule has 0 saturated carbocycles. The van der Waals surface area contributed by atoms with Crippen LogP contribution in [0, 0.1) is 0 Å².